The van der Waals surface area contributed by atoms with Crippen molar-refractivity contribution in [3.8, 4) is 10.8 Å². The van der Waals surface area contributed by atoms with E-state index in [1.54, 1.807) is 11.3 Å². The van der Waals surface area contributed by atoms with Gasteiger partial charge in [0.1, 0.15) is 11.5 Å². The zero-order valence-electron chi connectivity index (χ0n) is 13.9. The molecule has 0 amide bonds. The molecule has 0 radical (unpaired) electrons. The van der Waals surface area contributed by atoms with Crippen LogP contribution in [0.4, 0.5) is 5.69 Å². The molecule has 0 unspecified atom stereocenters. The third-order valence-corrected chi connectivity index (χ3v) is 5.59. The highest BCUT2D eigenvalue weighted by Gasteiger charge is 2.26. The average molecular weight is 362 g/mol. The van der Waals surface area contributed by atoms with E-state index in [-0.39, 0.29) is 0 Å². The Kier molecular flexibility index (Phi) is 4.24. The van der Waals surface area contributed by atoms with Gasteiger partial charge in [-0.15, -0.1) is 11.3 Å². The van der Waals surface area contributed by atoms with Gasteiger partial charge in [-0.2, -0.15) is 0 Å². The summed E-state index contributed by atoms with van der Waals surface area (Å²) in [6.45, 7) is 6.26. The van der Waals surface area contributed by atoms with Crippen LogP contribution in [0, 0.1) is 6.92 Å². The second-order valence-electron chi connectivity index (χ2n) is 6.35. The van der Waals surface area contributed by atoms with E-state index in [1.165, 1.54) is 4.88 Å². The van der Waals surface area contributed by atoms with Crippen LogP contribution in [-0.2, 0) is 0 Å². The molecule has 0 atom stereocenters. The summed E-state index contributed by atoms with van der Waals surface area (Å²) >= 11 is 7.85. The normalized spacial score (nSPS) is 18.1. The van der Waals surface area contributed by atoms with Crippen LogP contribution in [0.15, 0.2) is 29.3 Å². The Morgan fingerprint density at radius 3 is 2.92 bits per heavy atom. The molecule has 1 fully saturated rings. The van der Waals surface area contributed by atoms with Crippen LogP contribution in [-0.4, -0.2) is 48.9 Å². The molecule has 4 nitrogen and oxygen atoms in total. The smallest absolute Gasteiger partial charge is 0.192 e. The lowest BCUT2D eigenvalue weighted by molar-refractivity contribution is 0.346. The van der Waals surface area contributed by atoms with E-state index >= 15 is 0 Å². The summed E-state index contributed by atoms with van der Waals surface area (Å²) in [6.07, 6.45) is 1.14. The van der Waals surface area contributed by atoms with E-state index in [9.17, 15) is 0 Å². The van der Waals surface area contributed by atoms with Crippen LogP contribution < -0.4 is 4.74 Å². The second kappa shape index (κ2) is 6.39. The number of fused-ring (bicyclic) bond motifs is 2. The SMILES string of the molecule is Cc1cc2c(s1)Oc1ccc(Cl)cc1N=C2N1CCCN(C)CC1. The molecule has 2 aliphatic heterocycles. The number of hydrogen-bond donors (Lipinski definition) is 0. The van der Waals surface area contributed by atoms with Gasteiger partial charge in [0.05, 0.1) is 5.56 Å². The second-order valence-corrected chi connectivity index (χ2v) is 8.01. The zero-order valence-corrected chi connectivity index (χ0v) is 15.5. The van der Waals surface area contributed by atoms with Gasteiger partial charge in [-0.25, -0.2) is 4.99 Å². The molecule has 4 rings (SSSR count). The number of halogens is 1. The molecule has 24 heavy (non-hydrogen) atoms. The summed E-state index contributed by atoms with van der Waals surface area (Å²) in [4.78, 5) is 11.0. The predicted octanol–water partition coefficient (Wildman–Crippen LogP) is 4.53. The fourth-order valence-electron chi connectivity index (χ4n) is 3.16. The zero-order chi connectivity index (χ0) is 16.7. The number of benzene rings is 1. The molecule has 2 aromatic rings. The number of rotatable bonds is 0. The highest BCUT2D eigenvalue weighted by atomic mass is 35.5. The first-order chi connectivity index (χ1) is 11.6. The van der Waals surface area contributed by atoms with Crippen molar-refractivity contribution in [1.29, 1.82) is 0 Å². The van der Waals surface area contributed by atoms with Crippen molar-refractivity contribution in [3.05, 3.63) is 39.7 Å². The van der Waals surface area contributed by atoms with E-state index in [0.717, 1.165) is 60.5 Å². The number of hydrogen-bond acceptors (Lipinski definition) is 5. The minimum atomic E-state index is 0.678. The third-order valence-electron chi connectivity index (χ3n) is 4.43. The van der Waals surface area contributed by atoms with Gasteiger partial charge < -0.3 is 14.5 Å². The molecule has 1 aromatic heterocycles. The van der Waals surface area contributed by atoms with E-state index in [4.69, 9.17) is 21.3 Å². The topological polar surface area (TPSA) is 28.1 Å². The quantitative estimate of drug-likeness (QED) is 0.690. The van der Waals surface area contributed by atoms with E-state index in [0.29, 0.717) is 5.02 Å². The summed E-state index contributed by atoms with van der Waals surface area (Å²) in [5.41, 5.74) is 1.89. The summed E-state index contributed by atoms with van der Waals surface area (Å²) in [5, 5.41) is 1.60. The summed E-state index contributed by atoms with van der Waals surface area (Å²) in [5.74, 6) is 1.77. The fraction of sp³-hybridized carbons (Fsp3) is 0.389. The molecule has 0 saturated carbocycles. The molecular formula is C18H20ClN3OS. The van der Waals surface area contributed by atoms with E-state index in [1.807, 2.05) is 18.2 Å². The molecule has 3 heterocycles. The number of amidine groups is 1. The number of ether oxygens (including phenoxy) is 1. The number of likely N-dealkylation sites (N-methyl/N-ethyl adjacent to an activating group) is 1. The van der Waals surface area contributed by atoms with Crippen molar-refractivity contribution < 1.29 is 4.74 Å². The molecule has 1 saturated heterocycles. The molecule has 6 heteroatoms. The van der Waals surface area contributed by atoms with Crippen molar-refractivity contribution in [2.45, 2.75) is 13.3 Å². The Labute approximate surface area is 151 Å². The fourth-order valence-corrected chi connectivity index (χ4v) is 4.19. The molecule has 126 valence electrons. The largest absolute Gasteiger partial charge is 0.444 e. The molecule has 2 aliphatic rings. The van der Waals surface area contributed by atoms with Crippen LogP contribution >= 0.6 is 22.9 Å². The Hall–Kier alpha value is -1.56. The highest BCUT2D eigenvalue weighted by Crippen LogP contribution is 2.43. The Balaban J connectivity index is 1.81. The average Bonchev–Trinajstić information content (AvgIpc) is 2.70. The third kappa shape index (κ3) is 3.04. The van der Waals surface area contributed by atoms with Gasteiger partial charge >= 0.3 is 0 Å². The van der Waals surface area contributed by atoms with Crippen LogP contribution in [0.25, 0.3) is 0 Å². The monoisotopic (exact) mass is 361 g/mol. The Bertz CT molecular complexity index is 802. The van der Waals surface area contributed by atoms with Crippen molar-refractivity contribution in [2.75, 3.05) is 33.2 Å². The number of aliphatic imine (C=N–C) groups is 1. The summed E-state index contributed by atoms with van der Waals surface area (Å²) in [6, 6.07) is 7.81. The number of aryl methyl sites for hydroxylation is 1. The summed E-state index contributed by atoms with van der Waals surface area (Å²) < 4.78 is 6.16. The first-order valence-corrected chi connectivity index (χ1v) is 9.40. The molecule has 0 aliphatic carbocycles. The van der Waals surface area contributed by atoms with Crippen molar-refractivity contribution in [2.24, 2.45) is 4.99 Å². The Morgan fingerprint density at radius 1 is 1.17 bits per heavy atom. The van der Waals surface area contributed by atoms with Crippen molar-refractivity contribution in [1.82, 2.24) is 9.80 Å². The van der Waals surface area contributed by atoms with Gasteiger partial charge in [0.15, 0.2) is 10.8 Å². The first kappa shape index (κ1) is 15.9. The first-order valence-electron chi connectivity index (χ1n) is 8.20. The molecular weight excluding hydrogens is 342 g/mol. The van der Waals surface area contributed by atoms with Gasteiger partial charge in [0.25, 0.3) is 0 Å². The van der Waals surface area contributed by atoms with Crippen LogP contribution in [0.3, 0.4) is 0 Å². The lowest BCUT2D eigenvalue weighted by Gasteiger charge is -2.23. The van der Waals surface area contributed by atoms with Gasteiger partial charge in [-0.05, 0) is 51.2 Å². The van der Waals surface area contributed by atoms with Gasteiger partial charge in [0, 0.05) is 29.5 Å². The number of thiophene rings is 1. The lowest BCUT2D eigenvalue weighted by Crippen LogP contribution is -2.34. The predicted molar refractivity (Wildman–Crippen MR) is 100 cm³/mol. The summed E-state index contributed by atoms with van der Waals surface area (Å²) in [7, 11) is 2.18. The maximum absolute atomic E-state index is 6.18. The maximum Gasteiger partial charge on any atom is 0.192 e. The van der Waals surface area contributed by atoms with E-state index < -0.39 is 0 Å². The standard InChI is InChI=1S/C18H20ClN3OS/c1-12-10-14-17(22-7-3-6-21(2)8-9-22)20-15-11-13(19)4-5-16(15)23-18(14)24-12/h4-5,10-11H,3,6-9H2,1-2H3. The minimum Gasteiger partial charge on any atom is -0.444 e. The highest BCUT2D eigenvalue weighted by molar-refractivity contribution is 7.14. The van der Waals surface area contributed by atoms with Crippen molar-refractivity contribution in [3.63, 3.8) is 0 Å². The Morgan fingerprint density at radius 2 is 2.04 bits per heavy atom. The van der Waals surface area contributed by atoms with Crippen LogP contribution in [0.5, 0.6) is 10.8 Å². The van der Waals surface area contributed by atoms with Crippen LogP contribution in [0.2, 0.25) is 5.02 Å². The van der Waals surface area contributed by atoms with Crippen molar-refractivity contribution >= 4 is 34.5 Å². The van der Waals surface area contributed by atoms with Crippen LogP contribution in [0.1, 0.15) is 16.9 Å². The minimum absolute atomic E-state index is 0.678. The van der Waals surface area contributed by atoms with Gasteiger partial charge in [-0.3, -0.25) is 0 Å². The molecule has 0 bridgehead atoms. The molecule has 0 N–H and O–H groups in total. The van der Waals surface area contributed by atoms with E-state index in [2.05, 4.69) is 29.8 Å². The maximum atomic E-state index is 6.18. The van der Waals surface area contributed by atoms with Gasteiger partial charge in [0.2, 0.25) is 0 Å². The molecule has 0 spiro atoms. The number of nitrogens with zero attached hydrogens (tertiary/aromatic N) is 3. The lowest BCUT2D eigenvalue weighted by atomic mass is 10.2. The molecule has 1 aromatic carbocycles. The van der Waals surface area contributed by atoms with Gasteiger partial charge in [-0.1, -0.05) is 11.6 Å².